The Morgan fingerprint density at radius 1 is 1.58 bits per heavy atom. The molecule has 1 aromatic heterocycles. The molecule has 106 valence electrons. The summed E-state index contributed by atoms with van der Waals surface area (Å²) in [7, 11) is -2.91. The lowest BCUT2D eigenvalue weighted by atomic mass is 10.0. The number of carbonyl (C=O) groups excluding carboxylic acids is 1. The van der Waals surface area contributed by atoms with Gasteiger partial charge >= 0.3 is 0 Å². The highest BCUT2D eigenvalue weighted by Crippen LogP contribution is 2.27. The molecule has 1 aromatic rings. The van der Waals surface area contributed by atoms with Gasteiger partial charge in [-0.2, -0.15) is 0 Å². The van der Waals surface area contributed by atoms with Gasteiger partial charge in [-0.3, -0.25) is 4.79 Å². The number of nitrogens with one attached hydrogen (secondary N) is 1. The van der Waals surface area contributed by atoms with Crippen molar-refractivity contribution in [1.29, 1.82) is 0 Å². The molecule has 2 heterocycles. The van der Waals surface area contributed by atoms with E-state index in [1.807, 2.05) is 13.0 Å². The normalized spacial score (nSPS) is 23.2. The van der Waals surface area contributed by atoms with Crippen LogP contribution >= 0.6 is 22.9 Å². The van der Waals surface area contributed by atoms with Crippen LogP contribution in [0.2, 0.25) is 4.34 Å². The van der Waals surface area contributed by atoms with Crippen LogP contribution in [-0.2, 0) is 14.6 Å². The quantitative estimate of drug-likeness (QED) is 0.926. The minimum atomic E-state index is -2.91. The van der Waals surface area contributed by atoms with E-state index in [0.29, 0.717) is 10.8 Å². The third-order valence-electron chi connectivity index (χ3n) is 3.20. The van der Waals surface area contributed by atoms with Crippen molar-refractivity contribution in [2.45, 2.75) is 25.8 Å². The molecule has 1 N–H and O–H groups in total. The lowest BCUT2D eigenvalue weighted by molar-refractivity contribution is -0.122. The van der Waals surface area contributed by atoms with Crippen LogP contribution in [0.1, 0.15) is 30.7 Å². The molecule has 7 heteroatoms. The second kappa shape index (κ2) is 5.81. The largest absolute Gasteiger partial charge is 0.349 e. The van der Waals surface area contributed by atoms with Gasteiger partial charge in [0.05, 0.1) is 21.9 Å². The molecule has 0 aliphatic carbocycles. The van der Waals surface area contributed by atoms with Crippen LogP contribution in [0.3, 0.4) is 0 Å². The van der Waals surface area contributed by atoms with E-state index in [1.54, 1.807) is 6.07 Å². The van der Waals surface area contributed by atoms with Crippen molar-refractivity contribution in [2.75, 3.05) is 11.5 Å². The second-order valence-corrected chi connectivity index (χ2v) is 8.88. The smallest absolute Gasteiger partial charge is 0.220 e. The number of amides is 1. The van der Waals surface area contributed by atoms with Gasteiger partial charge in [-0.05, 0) is 31.4 Å². The zero-order valence-corrected chi connectivity index (χ0v) is 12.9. The molecule has 2 rings (SSSR count). The van der Waals surface area contributed by atoms with E-state index >= 15 is 0 Å². The Kier molecular flexibility index (Phi) is 4.53. The number of thiophene rings is 1. The molecule has 0 bridgehead atoms. The number of halogens is 1. The van der Waals surface area contributed by atoms with E-state index in [4.69, 9.17) is 11.6 Å². The minimum absolute atomic E-state index is 0.0378. The second-order valence-electron chi connectivity index (χ2n) is 4.90. The van der Waals surface area contributed by atoms with E-state index in [2.05, 4.69) is 5.32 Å². The molecule has 4 nitrogen and oxygen atoms in total. The molecule has 0 spiro atoms. The molecule has 2 atom stereocenters. The first kappa shape index (κ1) is 14.8. The molecule has 1 amide bonds. The standard InChI is InChI=1S/C12H16ClNO3S2/c1-8(10-2-3-11(13)18-10)14-12(15)6-9-4-5-19(16,17)7-9/h2-3,8-9H,4-7H2,1H3,(H,14,15)/t8-,9+/m1/s1. The summed E-state index contributed by atoms with van der Waals surface area (Å²) in [6, 6.07) is 3.59. The molecule has 1 fully saturated rings. The van der Waals surface area contributed by atoms with E-state index in [1.165, 1.54) is 11.3 Å². The summed E-state index contributed by atoms with van der Waals surface area (Å²) in [4.78, 5) is 12.9. The van der Waals surface area contributed by atoms with Gasteiger partial charge < -0.3 is 5.32 Å². The summed E-state index contributed by atoms with van der Waals surface area (Å²) >= 11 is 7.28. The van der Waals surface area contributed by atoms with E-state index in [-0.39, 0.29) is 35.8 Å². The van der Waals surface area contributed by atoms with Crippen molar-refractivity contribution in [2.24, 2.45) is 5.92 Å². The molecular formula is C12H16ClNO3S2. The van der Waals surface area contributed by atoms with E-state index < -0.39 is 9.84 Å². The third kappa shape index (κ3) is 4.19. The number of carbonyl (C=O) groups is 1. The van der Waals surface area contributed by atoms with Crippen molar-refractivity contribution in [3.8, 4) is 0 Å². The molecule has 1 aliphatic rings. The van der Waals surface area contributed by atoms with Gasteiger partial charge in [-0.25, -0.2) is 8.42 Å². The highest BCUT2D eigenvalue weighted by Gasteiger charge is 2.29. The Bertz CT molecular complexity index is 567. The molecule has 0 radical (unpaired) electrons. The summed E-state index contributed by atoms with van der Waals surface area (Å²) in [5, 5.41) is 2.88. The monoisotopic (exact) mass is 321 g/mol. The highest BCUT2D eigenvalue weighted by molar-refractivity contribution is 7.91. The van der Waals surface area contributed by atoms with Gasteiger partial charge in [0.2, 0.25) is 5.91 Å². The Morgan fingerprint density at radius 2 is 2.32 bits per heavy atom. The summed E-state index contributed by atoms with van der Waals surface area (Å²) in [5.74, 6) is 0.212. The maximum Gasteiger partial charge on any atom is 0.220 e. The maximum atomic E-state index is 11.9. The van der Waals surface area contributed by atoms with Crippen molar-refractivity contribution < 1.29 is 13.2 Å². The highest BCUT2D eigenvalue weighted by atomic mass is 35.5. The fraction of sp³-hybridized carbons (Fsp3) is 0.583. The van der Waals surface area contributed by atoms with Crippen molar-refractivity contribution in [3.63, 3.8) is 0 Å². The van der Waals surface area contributed by atoms with Crippen LogP contribution in [-0.4, -0.2) is 25.8 Å². The van der Waals surface area contributed by atoms with Gasteiger partial charge in [0.1, 0.15) is 0 Å². The molecule has 0 unspecified atom stereocenters. The average molecular weight is 322 g/mol. The maximum absolute atomic E-state index is 11.9. The number of hydrogen-bond donors (Lipinski definition) is 1. The van der Waals surface area contributed by atoms with Crippen LogP contribution in [0.4, 0.5) is 0 Å². The lowest BCUT2D eigenvalue weighted by Crippen LogP contribution is -2.28. The van der Waals surface area contributed by atoms with Crippen LogP contribution in [0.5, 0.6) is 0 Å². The van der Waals surface area contributed by atoms with Crippen LogP contribution in [0.25, 0.3) is 0 Å². The minimum Gasteiger partial charge on any atom is -0.349 e. The van der Waals surface area contributed by atoms with Crippen LogP contribution in [0, 0.1) is 5.92 Å². The Hall–Kier alpha value is -0.590. The van der Waals surface area contributed by atoms with E-state index in [9.17, 15) is 13.2 Å². The van der Waals surface area contributed by atoms with Gasteiger partial charge in [-0.15, -0.1) is 11.3 Å². The van der Waals surface area contributed by atoms with Gasteiger partial charge in [0.15, 0.2) is 9.84 Å². The molecular weight excluding hydrogens is 306 g/mol. The molecule has 0 saturated carbocycles. The zero-order chi connectivity index (χ0) is 14.0. The van der Waals surface area contributed by atoms with E-state index in [0.717, 1.165) is 4.88 Å². The topological polar surface area (TPSA) is 63.2 Å². The first-order valence-corrected chi connectivity index (χ1v) is 9.12. The lowest BCUT2D eigenvalue weighted by Gasteiger charge is -2.14. The SMILES string of the molecule is C[C@@H](NC(=O)C[C@@H]1CCS(=O)(=O)C1)c1ccc(Cl)s1. The fourth-order valence-corrected chi connectivity index (χ4v) is 5.15. The summed E-state index contributed by atoms with van der Waals surface area (Å²) < 4.78 is 23.3. The van der Waals surface area contributed by atoms with Crippen LogP contribution in [0.15, 0.2) is 12.1 Å². The predicted molar refractivity (Wildman–Crippen MR) is 77.3 cm³/mol. The van der Waals surface area contributed by atoms with Crippen LogP contribution < -0.4 is 5.32 Å². The number of hydrogen-bond acceptors (Lipinski definition) is 4. The molecule has 1 saturated heterocycles. The number of sulfone groups is 1. The average Bonchev–Trinajstić information content (AvgIpc) is 2.85. The Morgan fingerprint density at radius 3 is 2.84 bits per heavy atom. The predicted octanol–water partition coefficient (Wildman–Crippen LogP) is 2.40. The first-order valence-electron chi connectivity index (χ1n) is 6.11. The van der Waals surface area contributed by atoms with Crippen molar-refractivity contribution in [3.05, 3.63) is 21.3 Å². The Labute approximate surface area is 122 Å². The molecule has 0 aromatic carbocycles. The van der Waals surface area contributed by atoms with Gasteiger partial charge in [0.25, 0.3) is 0 Å². The summed E-state index contributed by atoms with van der Waals surface area (Å²) in [6.45, 7) is 1.89. The number of rotatable bonds is 4. The zero-order valence-electron chi connectivity index (χ0n) is 10.6. The summed E-state index contributed by atoms with van der Waals surface area (Å²) in [6.07, 6.45) is 0.873. The summed E-state index contributed by atoms with van der Waals surface area (Å²) in [5.41, 5.74) is 0. The van der Waals surface area contributed by atoms with Crippen molar-refractivity contribution >= 4 is 38.7 Å². The first-order chi connectivity index (χ1) is 8.85. The molecule has 19 heavy (non-hydrogen) atoms. The van der Waals surface area contributed by atoms with Gasteiger partial charge in [-0.1, -0.05) is 11.6 Å². The van der Waals surface area contributed by atoms with Gasteiger partial charge in [0, 0.05) is 11.3 Å². The van der Waals surface area contributed by atoms with Crippen molar-refractivity contribution in [1.82, 2.24) is 5.32 Å². The third-order valence-corrected chi connectivity index (χ3v) is 6.45. The fourth-order valence-electron chi connectivity index (χ4n) is 2.23. The molecule has 1 aliphatic heterocycles. The Balaban J connectivity index is 1.85.